The molecule has 1 aromatic rings. The van der Waals surface area contributed by atoms with Gasteiger partial charge >= 0.3 is 0 Å². The van der Waals surface area contributed by atoms with Crippen LogP contribution in [0.1, 0.15) is 31.2 Å². The van der Waals surface area contributed by atoms with Gasteiger partial charge in [-0.2, -0.15) is 11.3 Å². The molecule has 0 saturated heterocycles. The van der Waals surface area contributed by atoms with Crippen molar-refractivity contribution >= 4 is 17.2 Å². The third-order valence-electron chi connectivity index (χ3n) is 3.19. The van der Waals surface area contributed by atoms with E-state index < -0.39 is 0 Å². The lowest BCUT2D eigenvalue weighted by atomic mass is 10.2. The van der Waals surface area contributed by atoms with Crippen LogP contribution in [0.15, 0.2) is 16.8 Å². The maximum Gasteiger partial charge on any atom is 0.0995 e. The van der Waals surface area contributed by atoms with Gasteiger partial charge in [-0.15, -0.1) is 0 Å². The van der Waals surface area contributed by atoms with Gasteiger partial charge in [0, 0.05) is 18.5 Å². The van der Waals surface area contributed by atoms with E-state index in [1.807, 2.05) is 0 Å². The fourth-order valence-electron chi connectivity index (χ4n) is 1.97. The highest BCUT2D eigenvalue weighted by Gasteiger charge is 2.37. The van der Waals surface area contributed by atoms with E-state index in [9.17, 15) is 0 Å². The minimum Gasteiger partial charge on any atom is -0.353 e. The summed E-state index contributed by atoms with van der Waals surface area (Å²) in [5.74, 6) is 1.49. The van der Waals surface area contributed by atoms with E-state index in [4.69, 9.17) is 5.41 Å². The van der Waals surface area contributed by atoms with E-state index in [0.29, 0.717) is 12.0 Å². The van der Waals surface area contributed by atoms with Crippen LogP contribution in [-0.4, -0.2) is 16.8 Å². The first kappa shape index (κ1) is 9.40. The highest BCUT2D eigenvalue weighted by Crippen LogP contribution is 2.37. The Kier molecular flexibility index (Phi) is 2.28. The molecule has 0 amide bonds. The monoisotopic (exact) mass is 220 g/mol. The van der Waals surface area contributed by atoms with Crippen LogP contribution >= 0.6 is 11.3 Å². The van der Waals surface area contributed by atoms with Crippen molar-refractivity contribution in [1.29, 1.82) is 5.41 Å². The summed E-state index contributed by atoms with van der Waals surface area (Å²) in [4.78, 5) is 2.33. The second-order valence-electron chi connectivity index (χ2n) is 4.65. The van der Waals surface area contributed by atoms with E-state index >= 15 is 0 Å². The standard InChI is InChI=1S/C12H16N2S/c13-12(10-1-2-10)14(11-3-4-11)7-9-5-6-15-8-9/h5-6,8,10-11,13H,1-4,7H2. The number of nitrogens with one attached hydrogen (secondary N) is 1. The Labute approximate surface area is 94.4 Å². The molecule has 0 unspecified atom stereocenters. The number of hydrogen-bond acceptors (Lipinski definition) is 2. The van der Waals surface area contributed by atoms with E-state index in [2.05, 4.69) is 21.7 Å². The Morgan fingerprint density at radius 1 is 1.40 bits per heavy atom. The molecule has 15 heavy (non-hydrogen) atoms. The molecule has 3 heteroatoms. The highest BCUT2D eigenvalue weighted by atomic mass is 32.1. The zero-order chi connectivity index (χ0) is 10.3. The fraction of sp³-hybridized carbons (Fsp3) is 0.583. The molecule has 0 aromatic carbocycles. The van der Waals surface area contributed by atoms with Gasteiger partial charge in [-0.3, -0.25) is 5.41 Å². The van der Waals surface area contributed by atoms with Crippen LogP contribution in [0, 0.1) is 11.3 Å². The van der Waals surface area contributed by atoms with Gasteiger partial charge in [0.15, 0.2) is 0 Å². The van der Waals surface area contributed by atoms with Gasteiger partial charge < -0.3 is 4.90 Å². The molecule has 0 spiro atoms. The van der Waals surface area contributed by atoms with Crippen molar-refractivity contribution in [3.8, 4) is 0 Å². The van der Waals surface area contributed by atoms with Gasteiger partial charge in [0.2, 0.25) is 0 Å². The summed E-state index contributed by atoms with van der Waals surface area (Å²) in [5, 5.41) is 12.5. The smallest absolute Gasteiger partial charge is 0.0995 e. The van der Waals surface area contributed by atoms with Gasteiger partial charge in [-0.05, 0) is 48.1 Å². The first-order valence-electron chi connectivity index (χ1n) is 5.71. The predicted molar refractivity (Wildman–Crippen MR) is 63.3 cm³/mol. The number of thiophene rings is 1. The van der Waals surface area contributed by atoms with Gasteiger partial charge in [-0.25, -0.2) is 0 Å². The predicted octanol–water partition coefficient (Wildman–Crippen LogP) is 3.10. The number of rotatable bonds is 4. The summed E-state index contributed by atoms with van der Waals surface area (Å²) < 4.78 is 0. The molecule has 1 heterocycles. The van der Waals surface area contributed by atoms with E-state index in [0.717, 1.165) is 12.4 Å². The quantitative estimate of drug-likeness (QED) is 0.612. The maximum absolute atomic E-state index is 8.17. The first-order valence-corrected chi connectivity index (χ1v) is 6.65. The average Bonchev–Trinajstić information content (AvgIpc) is 3.13. The van der Waals surface area contributed by atoms with E-state index in [-0.39, 0.29) is 0 Å². The molecular formula is C12H16N2S. The van der Waals surface area contributed by atoms with Crippen molar-refractivity contribution in [3.63, 3.8) is 0 Å². The van der Waals surface area contributed by atoms with Crippen LogP contribution < -0.4 is 0 Å². The minimum atomic E-state index is 0.587. The molecule has 3 rings (SSSR count). The SMILES string of the molecule is N=C(C1CC1)N(Cc1ccsc1)C1CC1. The topological polar surface area (TPSA) is 27.1 Å². The molecule has 2 aliphatic carbocycles. The maximum atomic E-state index is 8.17. The molecule has 0 aliphatic heterocycles. The molecule has 80 valence electrons. The van der Waals surface area contributed by atoms with Crippen molar-refractivity contribution in [2.75, 3.05) is 0 Å². The Balaban J connectivity index is 1.70. The van der Waals surface area contributed by atoms with Crippen LogP contribution in [0.25, 0.3) is 0 Å². The summed E-state index contributed by atoms with van der Waals surface area (Å²) in [6.07, 6.45) is 5.07. The highest BCUT2D eigenvalue weighted by molar-refractivity contribution is 7.07. The van der Waals surface area contributed by atoms with Crippen LogP contribution in [0.5, 0.6) is 0 Å². The molecule has 0 radical (unpaired) electrons. The van der Waals surface area contributed by atoms with Crippen molar-refractivity contribution in [3.05, 3.63) is 22.4 Å². The van der Waals surface area contributed by atoms with Crippen LogP contribution in [0.2, 0.25) is 0 Å². The lowest BCUT2D eigenvalue weighted by Gasteiger charge is -2.24. The molecule has 2 saturated carbocycles. The summed E-state index contributed by atoms with van der Waals surface area (Å²) in [7, 11) is 0. The van der Waals surface area contributed by atoms with Crippen LogP contribution in [0.4, 0.5) is 0 Å². The molecule has 1 aromatic heterocycles. The Morgan fingerprint density at radius 3 is 2.73 bits per heavy atom. The Morgan fingerprint density at radius 2 is 2.20 bits per heavy atom. The van der Waals surface area contributed by atoms with E-state index in [1.165, 1.54) is 31.2 Å². The largest absolute Gasteiger partial charge is 0.353 e. The number of amidine groups is 1. The molecule has 2 fully saturated rings. The zero-order valence-corrected chi connectivity index (χ0v) is 9.59. The zero-order valence-electron chi connectivity index (χ0n) is 8.78. The molecule has 0 bridgehead atoms. The molecule has 2 nitrogen and oxygen atoms in total. The van der Waals surface area contributed by atoms with E-state index in [1.54, 1.807) is 11.3 Å². The van der Waals surface area contributed by atoms with Crippen LogP contribution in [-0.2, 0) is 6.54 Å². The molecule has 2 aliphatic rings. The molecular weight excluding hydrogens is 204 g/mol. The lowest BCUT2D eigenvalue weighted by molar-refractivity contribution is 0.389. The number of nitrogens with zero attached hydrogens (tertiary/aromatic N) is 1. The third-order valence-corrected chi connectivity index (χ3v) is 3.93. The average molecular weight is 220 g/mol. The number of hydrogen-bond donors (Lipinski definition) is 1. The van der Waals surface area contributed by atoms with Crippen molar-refractivity contribution in [1.82, 2.24) is 4.90 Å². The van der Waals surface area contributed by atoms with Crippen molar-refractivity contribution in [2.24, 2.45) is 5.92 Å². The normalized spacial score (nSPS) is 20.3. The second kappa shape index (κ2) is 3.63. The van der Waals surface area contributed by atoms with Crippen molar-refractivity contribution < 1.29 is 0 Å². The van der Waals surface area contributed by atoms with Crippen molar-refractivity contribution in [2.45, 2.75) is 38.3 Å². The minimum absolute atomic E-state index is 0.587. The molecule has 1 N–H and O–H groups in total. The summed E-state index contributed by atoms with van der Waals surface area (Å²) in [6.45, 7) is 0.962. The summed E-state index contributed by atoms with van der Waals surface area (Å²) in [6, 6.07) is 2.86. The summed E-state index contributed by atoms with van der Waals surface area (Å²) >= 11 is 1.75. The summed E-state index contributed by atoms with van der Waals surface area (Å²) in [5.41, 5.74) is 1.37. The second-order valence-corrected chi connectivity index (χ2v) is 5.43. The first-order chi connectivity index (χ1) is 7.34. The van der Waals surface area contributed by atoms with Gasteiger partial charge in [0.1, 0.15) is 0 Å². The lowest BCUT2D eigenvalue weighted by Crippen LogP contribution is -2.33. The van der Waals surface area contributed by atoms with Gasteiger partial charge in [0.05, 0.1) is 5.84 Å². The fourth-order valence-corrected chi connectivity index (χ4v) is 2.63. The van der Waals surface area contributed by atoms with Gasteiger partial charge in [0.25, 0.3) is 0 Å². The Bertz CT molecular complexity index is 350. The third kappa shape index (κ3) is 2.07. The van der Waals surface area contributed by atoms with Crippen LogP contribution in [0.3, 0.4) is 0 Å². The van der Waals surface area contributed by atoms with Gasteiger partial charge in [-0.1, -0.05) is 0 Å². The molecule has 0 atom stereocenters. The Hall–Kier alpha value is -0.830.